The zero-order valence-electron chi connectivity index (χ0n) is 44.6. The second-order valence-corrected chi connectivity index (χ2v) is 22.2. The van der Waals surface area contributed by atoms with Gasteiger partial charge in [0, 0.05) is 92.8 Å². The number of carbonyl (C=O) groups excluding carboxylic acids is 3. The molecule has 13 nitrogen and oxygen atoms in total. The third-order valence-electron chi connectivity index (χ3n) is 13.6. The van der Waals surface area contributed by atoms with Gasteiger partial charge < -0.3 is 38.9 Å². The Morgan fingerprint density at radius 3 is 1.73 bits per heavy atom. The van der Waals surface area contributed by atoms with Gasteiger partial charge in [-0.05, 0) is 141 Å². The van der Waals surface area contributed by atoms with E-state index in [0.29, 0.717) is 73.7 Å². The van der Waals surface area contributed by atoms with E-state index < -0.39 is 11.6 Å². The Kier molecular flexibility index (Phi) is 23.0. The molecular weight excluding hydrogens is 1030 g/mol. The normalized spacial score (nSPS) is 15.4. The number of aromatic nitrogens is 2. The summed E-state index contributed by atoms with van der Waals surface area (Å²) in [5, 5.41) is 12.3. The van der Waals surface area contributed by atoms with Gasteiger partial charge in [0.25, 0.3) is 0 Å². The van der Waals surface area contributed by atoms with Crippen molar-refractivity contribution in [3.05, 3.63) is 118 Å². The zero-order chi connectivity index (χ0) is 54.5. The molecule has 2 aliphatic carbocycles. The Balaban J connectivity index is 0.000000170. The standard InChI is InChI=1S/C28H31FN2O3S.C24H23FN2O2S.C9H18O4/c29-23-17-20(16-22(33)15-19-3-4-19)5-6-25(23)34-26-7-10-30-24-18-27(35-28(24)26)21-8-12-31(13-9-21)11-1-2-14-32;25-19-13-16(12-18(28)11-15-1-2-15)3-4-21(19)29-22-7-10-27-20-14-23(30-24(20)22)17-5-8-26-9-6-17;1-2-4-11-6-8-13-9-7-12-5-3-10/h5-8,10,17-19,32H,1-4,9,11-16H2;3-5,7,10,13-15,26H,1-2,6,8-9,11-12H2;3H,2,4-9H2,1H3. The Hall–Kier alpha value is -5.63. The first kappa shape index (κ1) is 58.5. The van der Waals surface area contributed by atoms with Gasteiger partial charge in [-0.1, -0.05) is 31.2 Å². The molecule has 6 heterocycles. The van der Waals surface area contributed by atoms with Crippen LogP contribution in [0.2, 0.25) is 0 Å². The van der Waals surface area contributed by atoms with Crippen LogP contribution >= 0.6 is 22.7 Å². The molecule has 2 saturated carbocycles. The number of aliphatic hydroxyl groups excluding tert-OH is 1. The van der Waals surface area contributed by atoms with E-state index in [2.05, 4.69) is 51.4 Å². The maximum atomic E-state index is 14.8. The summed E-state index contributed by atoms with van der Waals surface area (Å²) in [6.45, 7) is 10.2. The van der Waals surface area contributed by atoms with Crippen LogP contribution in [-0.2, 0) is 41.4 Å². The van der Waals surface area contributed by atoms with E-state index in [4.69, 9.17) is 28.8 Å². The topological polar surface area (TPSA) is 159 Å². The molecule has 0 spiro atoms. The van der Waals surface area contributed by atoms with Gasteiger partial charge in [0.1, 0.15) is 36.0 Å². The highest BCUT2D eigenvalue weighted by atomic mass is 32.1. The molecule has 0 amide bonds. The highest BCUT2D eigenvalue weighted by Gasteiger charge is 2.26. The molecule has 416 valence electrons. The van der Waals surface area contributed by atoms with E-state index in [1.54, 1.807) is 71.5 Å². The number of halogens is 2. The molecule has 17 heteroatoms. The number of aliphatic hydroxyl groups is 1. The molecule has 2 N–H and O–H groups in total. The van der Waals surface area contributed by atoms with Gasteiger partial charge in [0.2, 0.25) is 0 Å². The number of nitrogens with zero attached hydrogens (tertiary/aromatic N) is 3. The molecule has 78 heavy (non-hydrogen) atoms. The van der Waals surface area contributed by atoms with Gasteiger partial charge in [-0.25, -0.2) is 8.78 Å². The number of hydrogen-bond donors (Lipinski definition) is 2. The van der Waals surface area contributed by atoms with E-state index in [9.17, 15) is 23.2 Å². The lowest BCUT2D eigenvalue weighted by Gasteiger charge is -2.25. The Labute approximate surface area is 464 Å². The lowest BCUT2D eigenvalue weighted by Crippen LogP contribution is -2.29. The van der Waals surface area contributed by atoms with Crippen LogP contribution in [0.1, 0.15) is 98.4 Å². The smallest absolute Gasteiger partial charge is 0.166 e. The fraction of sp³-hybridized carbons (Fsp3) is 0.459. The van der Waals surface area contributed by atoms with Gasteiger partial charge in [0.15, 0.2) is 23.1 Å². The average Bonchev–Trinajstić information content (AvgIpc) is 4.38. The van der Waals surface area contributed by atoms with E-state index in [1.165, 1.54) is 33.0 Å². The molecule has 0 bridgehead atoms. The van der Waals surface area contributed by atoms with Crippen molar-refractivity contribution < 1.29 is 52.0 Å². The second kappa shape index (κ2) is 30.7. The molecule has 0 saturated heterocycles. The number of nitrogens with one attached hydrogen (secondary N) is 1. The monoisotopic (exact) mass is 1110 g/mol. The number of rotatable bonds is 28. The van der Waals surface area contributed by atoms with Crippen LogP contribution < -0.4 is 14.8 Å². The molecule has 2 aliphatic heterocycles. The summed E-state index contributed by atoms with van der Waals surface area (Å²) in [7, 11) is 0. The number of aldehydes is 1. The van der Waals surface area contributed by atoms with Crippen molar-refractivity contribution in [3.63, 3.8) is 0 Å². The first-order valence-corrected chi connectivity index (χ1v) is 29.1. The second-order valence-electron chi connectivity index (χ2n) is 20.1. The minimum atomic E-state index is -0.459. The summed E-state index contributed by atoms with van der Waals surface area (Å²) < 4.78 is 58.5. The number of hydrogen-bond acceptors (Lipinski definition) is 15. The predicted molar refractivity (Wildman–Crippen MR) is 304 cm³/mol. The van der Waals surface area contributed by atoms with E-state index in [1.807, 2.05) is 0 Å². The lowest BCUT2D eigenvalue weighted by molar-refractivity contribution is -0.119. The van der Waals surface area contributed by atoms with Crippen LogP contribution in [0.15, 0.2) is 85.2 Å². The van der Waals surface area contributed by atoms with Crippen LogP contribution in [0.5, 0.6) is 23.0 Å². The summed E-state index contributed by atoms with van der Waals surface area (Å²) in [4.78, 5) is 47.7. The number of fused-ring (bicyclic) bond motifs is 2. The van der Waals surface area contributed by atoms with Crippen molar-refractivity contribution in [2.24, 2.45) is 11.8 Å². The molecule has 10 rings (SSSR count). The van der Waals surface area contributed by atoms with Crippen LogP contribution in [0.3, 0.4) is 0 Å². The largest absolute Gasteiger partial charge is 0.453 e. The van der Waals surface area contributed by atoms with Crippen molar-refractivity contribution in [3.8, 4) is 23.0 Å². The van der Waals surface area contributed by atoms with Gasteiger partial charge in [0.05, 0.1) is 46.9 Å². The quantitative estimate of drug-likeness (QED) is 0.0353. The first-order valence-electron chi connectivity index (χ1n) is 27.5. The Morgan fingerprint density at radius 2 is 1.26 bits per heavy atom. The Morgan fingerprint density at radius 1 is 0.705 bits per heavy atom. The van der Waals surface area contributed by atoms with Crippen molar-refractivity contribution in [2.75, 3.05) is 79.0 Å². The minimum absolute atomic E-state index is 0.149. The molecule has 2 fully saturated rings. The maximum absolute atomic E-state index is 14.8. The SMILES string of the molecule is CCCOCCOCCOCC=O.O=C(Cc1ccc(Oc2ccnc3cc(C4=CCN(CCCCO)CC4)sc23)c(F)c1)CC1CC1.O=C(Cc1ccc(Oc2ccnc3cc(C4=CCNCC4)sc23)c(F)c1)CC1CC1. The Bertz CT molecular complexity index is 2990. The summed E-state index contributed by atoms with van der Waals surface area (Å²) in [6, 6.07) is 17.3. The van der Waals surface area contributed by atoms with E-state index in [0.717, 1.165) is 124 Å². The van der Waals surface area contributed by atoms with Crippen molar-refractivity contribution in [1.82, 2.24) is 20.2 Å². The van der Waals surface area contributed by atoms with E-state index in [-0.39, 0.29) is 49.1 Å². The molecule has 2 aromatic carbocycles. The molecule has 4 aromatic heterocycles. The molecule has 6 aromatic rings. The van der Waals surface area contributed by atoms with Crippen LogP contribution in [0, 0.1) is 23.5 Å². The lowest BCUT2D eigenvalue weighted by atomic mass is 10.0. The summed E-state index contributed by atoms with van der Waals surface area (Å²) in [6.07, 6.45) is 19.8. The number of pyridine rings is 2. The van der Waals surface area contributed by atoms with Gasteiger partial charge in [-0.15, -0.1) is 22.7 Å². The number of Topliss-reactive ketones (excluding diaryl/α,β-unsaturated/α-hetero) is 2. The molecular formula is C61H72F2N4O9S2. The zero-order valence-corrected chi connectivity index (χ0v) is 46.3. The van der Waals surface area contributed by atoms with Crippen LogP contribution in [-0.4, -0.2) is 117 Å². The van der Waals surface area contributed by atoms with Gasteiger partial charge in [-0.3, -0.25) is 24.5 Å². The summed E-state index contributed by atoms with van der Waals surface area (Å²) >= 11 is 3.25. The molecule has 0 atom stereocenters. The van der Waals surface area contributed by atoms with E-state index >= 15 is 0 Å². The average molecular weight is 1110 g/mol. The maximum Gasteiger partial charge on any atom is 0.166 e. The number of thiophene rings is 2. The number of carbonyl (C=O) groups is 3. The van der Waals surface area contributed by atoms with Crippen molar-refractivity contribution in [2.45, 2.75) is 90.4 Å². The third-order valence-corrected chi connectivity index (χ3v) is 16.0. The van der Waals surface area contributed by atoms with Crippen LogP contribution in [0.25, 0.3) is 31.6 Å². The summed E-state index contributed by atoms with van der Waals surface area (Å²) in [5.74, 6) is 2.04. The predicted octanol–water partition coefficient (Wildman–Crippen LogP) is 12.2. The number of benzene rings is 2. The number of ether oxygens (including phenoxy) is 5. The van der Waals surface area contributed by atoms with Crippen molar-refractivity contribution in [1.29, 1.82) is 0 Å². The number of ketones is 2. The fourth-order valence-electron chi connectivity index (χ4n) is 9.05. The highest BCUT2D eigenvalue weighted by molar-refractivity contribution is 7.20. The van der Waals surface area contributed by atoms with Gasteiger partial charge in [-0.2, -0.15) is 0 Å². The minimum Gasteiger partial charge on any atom is -0.453 e. The van der Waals surface area contributed by atoms with Gasteiger partial charge >= 0.3 is 0 Å². The molecule has 0 radical (unpaired) electrons. The molecule has 0 unspecified atom stereocenters. The first-order chi connectivity index (χ1) is 38.2. The fourth-order valence-corrected chi connectivity index (χ4v) is 11.3. The highest BCUT2D eigenvalue weighted by Crippen LogP contribution is 2.41. The third kappa shape index (κ3) is 18.5. The van der Waals surface area contributed by atoms with Crippen molar-refractivity contribution >= 4 is 72.1 Å². The summed E-state index contributed by atoms with van der Waals surface area (Å²) in [5.41, 5.74) is 5.71. The number of unbranched alkanes of at least 4 members (excludes halogenated alkanes) is 1. The molecule has 4 aliphatic rings. The van der Waals surface area contributed by atoms with Crippen LogP contribution in [0.4, 0.5) is 8.78 Å².